The molecule has 2 unspecified atom stereocenters. The van der Waals surface area contributed by atoms with Gasteiger partial charge in [0.1, 0.15) is 0 Å². The second-order valence-corrected chi connectivity index (χ2v) is 5.16. The molecule has 5 heteroatoms. The smallest absolute Gasteiger partial charge is 0.0536 e. The van der Waals surface area contributed by atoms with Crippen LogP contribution in [0.25, 0.3) is 11.3 Å². The van der Waals surface area contributed by atoms with E-state index in [0.717, 1.165) is 22.6 Å². The zero-order chi connectivity index (χ0) is 15.8. The molecule has 0 aliphatic carbocycles. The number of aliphatic hydroxyl groups is 2. The topological polar surface area (TPSA) is 66.2 Å². The number of rotatable bonds is 3. The predicted molar refractivity (Wildman–Crippen MR) is 83.8 cm³/mol. The van der Waals surface area contributed by atoms with Crippen molar-refractivity contribution in [2.75, 3.05) is 0 Å². The maximum Gasteiger partial charge on any atom is 0.0536 e. The van der Waals surface area contributed by atoms with E-state index in [0.29, 0.717) is 6.42 Å². The monoisotopic (exact) mass is 480 g/mol. The fourth-order valence-electron chi connectivity index (χ4n) is 1.83. The number of aliphatic hydroxyl groups excluding tert-OH is 2. The third kappa shape index (κ3) is 7.76. The predicted octanol–water partition coefficient (Wildman–Crippen LogP) is 2.70. The Morgan fingerprint density at radius 3 is 2.23 bits per heavy atom. The van der Waals surface area contributed by atoms with Crippen LogP contribution in [0.2, 0.25) is 0 Å². The van der Waals surface area contributed by atoms with E-state index in [9.17, 15) is 0 Å². The van der Waals surface area contributed by atoms with E-state index in [1.807, 2.05) is 38.1 Å². The van der Waals surface area contributed by atoms with Crippen LogP contribution in [0.15, 0.2) is 30.5 Å². The third-order valence-electron chi connectivity index (χ3n) is 2.72. The van der Waals surface area contributed by atoms with Crippen LogP contribution in [0.5, 0.6) is 0 Å². The molecule has 0 saturated heterocycles. The normalized spacial score (nSPS) is 12.5. The summed E-state index contributed by atoms with van der Waals surface area (Å²) in [6, 6.07) is 11.0. The molecule has 0 amide bonds. The third-order valence-corrected chi connectivity index (χ3v) is 2.72. The van der Waals surface area contributed by atoms with Crippen LogP contribution in [0.3, 0.4) is 0 Å². The Hall–Kier alpha value is -1.13. The molecule has 22 heavy (non-hydrogen) atoms. The van der Waals surface area contributed by atoms with Crippen molar-refractivity contribution in [1.82, 2.24) is 9.97 Å². The molecule has 0 fully saturated rings. The molecule has 0 aliphatic rings. The van der Waals surface area contributed by atoms with Gasteiger partial charge in [-0.1, -0.05) is 0 Å². The molecule has 1 aromatic heterocycles. The Morgan fingerprint density at radius 2 is 1.77 bits per heavy atom. The van der Waals surface area contributed by atoms with Gasteiger partial charge in [-0.2, -0.15) is 0 Å². The Bertz CT molecular complexity index is 540. The van der Waals surface area contributed by atoms with E-state index in [1.165, 1.54) is 0 Å². The van der Waals surface area contributed by atoms with Crippen molar-refractivity contribution in [2.24, 2.45) is 0 Å². The van der Waals surface area contributed by atoms with Crippen LogP contribution in [-0.4, -0.2) is 32.4 Å². The zero-order valence-corrected chi connectivity index (χ0v) is 15.8. The van der Waals surface area contributed by atoms with Gasteiger partial charge in [-0.15, -0.1) is 35.9 Å². The van der Waals surface area contributed by atoms with E-state index in [4.69, 9.17) is 10.2 Å². The number of hydrogen-bond acceptors (Lipinski definition) is 4. The molecule has 0 bridgehead atoms. The Kier molecular flexibility index (Phi) is 10.0. The summed E-state index contributed by atoms with van der Waals surface area (Å²) < 4.78 is 0. The van der Waals surface area contributed by atoms with Gasteiger partial charge in [0, 0.05) is 43.4 Å². The second kappa shape index (κ2) is 10.6. The molecule has 4 nitrogen and oxygen atoms in total. The maximum atomic E-state index is 8.56. The van der Waals surface area contributed by atoms with Gasteiger partial charge in [0.2, 0.25) is 0 Å². The van der Waals surface area contributed by atoms with Crippen LogP contribution < -0.4 is 0 Å². The molecule has 1 radical (unpaired) electrons. The summed E-state index contributed by atoms with van der Waals surface area (Å²) in [5.74, 6) is 0. The first-order valence-corrected chi connectivity index (χ1v) is 7.03. The molecule has 2 atom stereocenters. The molecule has 0 saturated carbocycles. The standard InChI is InChI=1S/C12H11N2.C5H12O2.Ir/c1-9-8-13-10(2)12(14-9)11-6-4-3-5-7-11;1-4(6)3-5(2)7;/h3-6,8H,1-2H3;4-7H,3H2,1-2H3;/q-1;;. The van der Waals surface area contributed by atoms with Crippen molar-refractivity contribution >= 4 is 0 Å². The van der Waals surface area contributed by atoms with Crippen LogP contribution >= 0.6 is 0 Å². The second-order valence-electron chi connectivity index (χ2n) is 5.16. The molecular formula is C17H23IrN2O2-. The number of aryl methyl sites for hydroxylation is 2. The van der Waals surface area contributed by atoms with E-state index in [2.05, 4.69) is 16.0 Å². The van der Waals surface area contributed by atoms with E-state index in [1.54, 1.807) is 20.0 Å². The SMILES string of the molecule is CC(O)CC(C)O.Cc1cnc(C)c(-c2[c-]cccc2)n1.[Ir]. The van der Waals surface area contributed by atoms with Gasteiger partial charge in [-0.25, -0.2) is 0 Å². The van der Waals surface area contributed by atoms with Crippen molar-refractivity contribution in [3.63, 3.8) is 0 Å². The number of aromatic nitrogens is 2. The first-order chi connectivity index (χ1) is 9.90. The minimum absolute atomic E-state index is 0. The summed E-state index contributed by atoms with van der Waals surface area (Å²) in [7, 11) is 0. The summed E-state index contributed by atoms with van der Waals surface area (Å²) in [6.45, 7) is 7.22. The fourth-order valence-corrected chi connectivity index (χ4v) is 1.83. The van der Waals surface area contributed by atoms with E-state index >= 15 is 0 Å². The van der Waals surface area contributed by atoms with Gasteiger partial charge in [0.05, 0.1) is 12.2 Å². The van der Waals surface area contributed by atoms with Crippen molar-refractivity contribution in [2.45, 2.75) is 46.3 Å². The van der Waals surface area contributed by atoms with Gasteiger partial charge in [-0.05, 0) is 34.1 Å². The van der Waals surface area contributed by atoms with Gasteiger partial charge in [0.15, 0.2) is 0 Å². The minimum Gasteiger partial charge on any atom is -0.393 e. The summed E-state index contributed by atoms with van der Waals surface area (Å²) in [5.41, 5.74) is 3.80. The first kappa shape index (κ1) is 20.9. The molecule has 123 valence electrons. The molecule has 2 rings (SSSR count). The van der Waals surface area contributed by atoms with E-state index in [-0.39, 0.29) is 32.3 Å². The van der Waals surface area contributed by atoms with Gasteiger partial charge >= 0.3 is 0 Å². The average molecular weight is 480 g/mol. The Balaban J connectivity index is 0.000000478. The summed E-state index contributed by atoms with van der Waals surface area (Å²) in [5, 5.41) is 17.1. The largest absolute Gasteiger partial charge is 0.393 e. The average Bonchev–Trinajstić information content (AvgIpc) is 2.42. The number of benzene rings is 1. The molecule has 2 aromatic rings. The van der Waals surface area contributed by atoms with E-state index < -0.39 is 0 Å². The van der Waals surface area contributed by atoms with Crippen LogP contribution in [0.1, 0.15) is 31.7 Å². The minimum atomic E-state index is -0.375. The summed E-state index contributed by atoms with van der Waals surface area (Å²) in [6.07, 6.45) is 1.50. The fraction of sp³-hybridized carbons (Fsp3) is 0.412. The summed E-state index contributed by atoms with van der Waals surface area (Å²) >= 11 is 0. The number of nitrogens with zero attached hydrogens (tertiary/aromatic N) is 2. The van der Waals surface area contributed by atoms with Gasteiger partial charge in [-0.3, -0.25) is 9.97 Å². The molecule has 1 aromatic carbocycles. The molecule has 0 spiro atoms. The summed E-state index contributed by atoms with van der Waals surface area (Å²) in [4.78, 5) is 8.72. The van der Waals surface area contributed by atoms with Crippen molar-refractivity contribution in [3.8, 4) is 11.3 Å². The van der Waals surface area contributed by atoms with Crippen molar-refractivity contribution in [3.05, 3.63) is 47.9 Å². The van der Waals surface area contributed by atoms with Crippen LogP contribution in [0, 0.1) is 19.9 Å². The van der Waals surface area contributed by atoms with Crippen LogP contribution in [0.4, 0.5) is 0 Å². The molecular weight excluding hydrogens is 456 g/mol. The van der Waals surface area contributed by atoms with Crippen molar-refractivity contribution in [1.29, 1.82) is 0 Å². The zero-order valence-electron chi connectivity index (χ0n) is 13.4. The first-order valence-electron chi connectivity index (χ1n) is 7.03. The number of hydrogen-bond donors (Lipinski definition) is 2. The molecule has 2 N–H and O–H groups in total. The Morgan fingerprint density at radius 1 is 1.14 bits per heavy atom. The molecule has 0 aliphatic heterocycles. The van der Waals surface area contributed by atoms with Crippen LogP contribution in [-0.2, 0) is 20.1 Å². The Labute approximate surface area is 146 Å². The van der Waals surface area contributed by atoms with Gasteiger partial charge < -0.3 is 10.2 Å². The van der Waals surface area contributed by atoms with Gasteiger partial charge in [0.25, 0.3) is 0 Å². The maximum absolute atomic E-state index is 8.56. The van der Waals surface area contributed by atoms with Crippen molar-refractivity contribution < 1.29 is 30.3 Å². The quantitative estimate of drug-likeness (QED) is 0.665. The molecule has 1 heterocycles.